The van der Waals surface area contributed by atoms with E-state index in [-0.39, 0.29) is 34.6 Å². The van der Waals surface area contributed by atoms with Crippen molar-refractivity contribution in [2.45, 2.75) is 12.3 Å². The van der Waals surface area contributed by atoms with E-state index in [9.17, 15) is 18.7 Å². The van der Waals surface area contributed by atoms with Crippen molar-refractivity contribution in [3.8, 4) is 17.1 Å². The van der Waals surface area contributed by atoms with Gasteiger partial charge in [-0.2, -0.15) is 0 Å². The van der Waals surface area contributed by atoms with E-state index >= 15 is 0 Å². The van der Waals surface area contributed by atoms with Gasteiger partial charge in [0.2, 0.25) is 0 Å². The first-order valence-electron chi connectivity index (χ1n) is 9.05. The molecule has 0 radical (unpaired) electrons. The molecule has 3 aromatic rings. The van der Waals surface area contributed by atoms with Gasteiger partial charge in [-0.25, -0.2) is 13.6 Å². The Bertz CT molecular complexity index is 1050. The largest absolute Gasteiger partial charge is 0.494 e. The number of methoxy groups -OCH3 is 1. The summed E-state index contributed by atoms with van der Waals surface area (Å²) in [6.07, 6.45) is 0.775. The van der Waals surface area contributed by atoms with Crippen LogP contribution in [0.3, 0.4) is 0 Å². The van der Waals surface area contributed by atoms with Crippen LogP contribution in [0.5, 0.6) is 5.75 Å². The molecule has 2 heterocycles. The van der Waals surface area contributed by atoms with Crippen molar-refractivity contribution in [1.29, 1.82) is 0 Å². The fraction of sp³-hybridized carbons (Fsp3) is 0.238. The molecule has 8 heteroatoms. The van der Waals surface area contributed by atoms with E-state index in [4.69, 9.17) is 9.26 Å². The molecule has 0 amide bonds. The summed E-state index contributed by atoms with van der Waals surface area (Å²) in [5, 5.41) is 13.8. The number of aromatic nitrogens is 1. The lowest BCUT2D eigenvalue weighted by Crippen LogP contribution is -2.22. The lowest BCUT2D eigenvalue weighted by atomic mass is 9.99. The Hall–Kier alpha value is -3.42. The third kappa shape index (κ3) is 3.53. The first-order valence-corrected chi connectivity index (χ1v) is 9.05. The van der Waals surface area contributed by atoms with E-state index in [1.165, 1.54) is 37.4 Å². The molecule has 0 bridgehead atoms. The molecule has 4 rings (SSSR count). The molecule has 1 atom stereocenters. The zero-order valence-electron chi connectivity index (χ0n) is 15.6. The minimum atomic E-state index is -1.19. The fourth-order valence-corrected chi connectivity index (χ4v) is 3.65. The molecule has 0 spiro atoms. The van der Waals surface area contributed by atoms with Gasteiger partial charge in [-0.15, -0.1) is 0 Å². The van der Waals surface area contributed by atoms with Gasteiger partial charge in [-0.05, 0) is 42.3 Å². The molecule has 1 fully saturated rings. The highest BCUT2D eigenvalue weighted by molar-refractivity contribution is 5.99. The summed E-state index contributed by atoms with van der Waals surface area (Å²) in [4.78, 5) is 13.8. The van der Waals surface area contributed by atoms with Crippen LogP contribution in [0.15, 0.2) is 47.0 Å². The maximum Gasteiger partial charge on any atom is 0.343 e. The third-order valence-electron chi connectivity index (χ3n) is 5.13. The quantitative estimate of drug-likeness (QED) is 0.687. The van der Waals surface area contributed by atoms with Gasteiger partial charge in [0.25, 0.3) is 0 Å². The molecular weight excluding hydrogens is 382 g/mol. The summed E-state index contributed by atoms with van der Waals surface area (Å²) < 4.78 is 37.2. The number of nitrogens with zero attached hydrogens (tertiary/aromatic N) is 2. The Morgan fingerprint density at radius 3 is 2.69 bits per heavy atom. The minimum Gasteiger partial charge on any atom is -0.494 e. The number of hydrogen-bond acceptors (Lipinski definition) is 5. The Labute approximate surface area is 165 Å². The Kier molecular flexibility index (Phi) is 4.92. The molecule has 1 saturated heterocycles. The van der Waals surface area contributed by atoms with E-state index in [0.717, 1.165) is 12.0 Å². The first kappa shape index (κ1) is 18.9. The molecular formula is C21H18F2N2O4. The van der Waals surface area contributed by atoms with E-state index < -0.39 is 11.8 Å². The Balaban J connectivity index is 1.65. The number of ether oxygens (including phenoxy) is 1. The molecule has 29 heavy (non-hydrogen) atoms. The number of hydrogen-bond donors (Lipinski definition) is 1. The standard InChI is InChI=1S/C21H18F2N2O4/c1-28-17-10-13(4-7-16(17)23)19-18(21(26)27)20(24-29-19)25-9-8-14(11-25)12-2-5-15(22)6-3-12/h2-7,10,14H,8-9,11H2,1H3,(H,26,27). The Morgan fingerprint density at radius 1 is 1.24 bits per heavy atom. The predicted octanol–water partition coefficient (Wildman–Crippen LogP) is 4.32. The van der Waals surface area contributed by atoms with E-state index in [1.807, 2.05) is 4.90 Å². The molecule has 150 valence electrons. The number of aromatic carboxylic acids is 1. The number of carboxylic acid groups (broad SMARTS) is 1. The van der Waals surface area contributed by atoms with E-state index in [0.29, 0.717) is 18.7 Å². The highest BCUT2D eigenvalue weighted by Gasteiger charge is 2.32. The second kappa shape index (κ2) is 7.54. The van der Waals surface area contributed by atoms with Crippen molar-refractivity contribution in [3.05, 3.63) is 65.2 Å². The third-order valence-corrected chi connectivity index (χ3v) is 5.13. The second-order valence-electron chi connectivity index (χ2n) is 6.85. The molecule has 1 aliphatic rings. The van der Waals surface area contributed by atoms with Crippen LogP contribution < -0.4 is 9.64 Å². The summed E-state index contributed by atoms with van der Waals surface area (Å²) >= 11 is 0. The summed E-state index contributed by atoms with van der Waals surface area (Å²) in [7, 11) is 1.33. The van der Waals surface area contributed by atoms with Crippen molar-refractivity contribution < 1.29 is 27.9 Å². The number of rotatable bonds is 5. The first-order chi connectivity index (χ1) is 14.0. The number of halogens is 2. The number of benzene rings is 2. The van der Waals surface area contributed by atoms with Crippen LogP contribution in [0.4, 0.5) is 14.6 Å². The van der Waals surface area contributed by atoms with Crippen LogP contribution in [-0.2, 0) is 0 Å². The van der Waals surface area contributed by atoms with Gasteiger partial charge in [-0.3, -0.25) is 0 Å². The number of anilines is 1. The van der Waals surface area contributed by atoms with Gasteiger partial charge >= 0.3 is 5.97 Å². The fourth-order valence-electron chi connectivity index (χ4n) is 3.65. The van der Waals surface area contributed by atoms with Crippen LogP contribution in [0.25, 0.3) is 11.3 Å². The summed E-state index contributed by atoms with van der Waals surface area (Å²) in [6.45, 7) is 1.12. The van der Waals surface area contributed by atoms with Gasteiger partial charge in [-0.1, -0.05) is 17.3 Å². The van der Waals surface area contributed by atoms with Crippen LogP contribution in [0.2, 0.25) is 0 Å². The van der Waals surface area contributed by atoms with Gasteiger partial charge in [0.15, 0.2) is 28.7 Å². The molecule has 1 unspecified atom stereocenters. The molecule has 0 aliphatic carbocycles. The van der Waals surface area contributed by atoms with Crippen LogP contribution in [0, 0.1) is 11.6 Å². The van der Waals surface area contributed by atoms with E-state index in [1.54, 1.807) is 12.1 Å². The van der Waals surface area contributed by atoms with E-state index in [2.05, 4.69) is 5.16 Å². The summed E-state index contributed by atoms with van der Waals surface area (Å²) in [5.41, 5.74) is 1.25. The molecule has 6 nitrogen and oxygen atoms in total. The van der Waals surface area contributed by atoms with Gasteiger partial charge in [0.1, 0.15) is 5.82 Å². The monoisotopic (exact) mass is 400 g/mol. The smallest absolute Gasteiger partial charge is 0.343 e. The zero-order chi connectivity index (χ0) is 20.5. The summed E-state index contributed by atoms with van der Waals surface area (Å²) in [6, 6.07) is 10.3. The molecule has 2 aromatic carbocycles. The highest BCUT2D eigenvalue weighted by atomic mass is 19.1. The number of carboxylic acids is 1. The maximum atomic E-state index is 13.7. The second-order valence-corrected chi connectivity index (χ2v) is 6.85. The van der Waals surface area contributed by atoms with Gasteiger partial charge in [0.05, 0.1) is 7.11 Å². The zero-order valence-corrected chi connectivity index (χ0v) is 15.6. The van der Waals surface area contributed by atoms with Crippen molar-refractivity contribution in [2.75, 3.05) is 25.1 Å². The summed E-state index contributed by atoms with van der Waals surface area (Å²) in [5.74, 6) is -1.68. The predicted molar refractivity (Wildman–Crippen MR) is 101 cm³/mol. The van der Waals surface area contributed by atoms with Crippen molar-refractivity contribution in [3.63, 3.8) is 0 Å². The Morgan fingerprint density at radius 2 is 2.00 bits per heavy atom. The van der Waals surface area contributed by atoms with Crippen molar-refractivity contribution in [1.82, 2.24) is 5.16 Å². The minimum absolute atomic E-state index is 0.0191. The average molecular weight is 400 g/mol. The maximum absolute atomic E-state index is 13.7. The number of carbonyl (C=O) groups is 1. The average Bonchev–Trinajstić information content (AvgIpc) is 3.36. The van der Waals surface area contributed by atoms with Gasteiger partial charge < -0.3 is 19.3 Å². The lowest BCUT2D eigenvalue weighted by Gasteiger charge is -2.16. The SMILES string of the molecule is COc1cc(-c2onc(N3CCC(c4ccc(F)cc4)C3)c2C(=O)O)ccc1F. The highest BCUT2D eigenvalue weighted by Crippen LogP contribution is 2.37. The molecule has 0 saturated carbocycles. The lowest BCUT2D eigenvalue weighted by molar-refractivity contribution is 0.0698. The molecule has 1 N–H and O–H groups in total. The van der Waals surface area contributed by atoms with Crippen LogP contribution in [-0.4, -0.2) is 36.4 Å². The topological polar surface area (TPSA) is 75.8 Å². The van der Waals surface area contributed by atoms with Crippen LogP contribution >= 0.6 is 0 Å². The normalized spacial score (nSPS) is 16.2. The molecule has 1 aliphatic heterocycles. The van der Waals surface area contributed by atoms with Crippen LogP contribution in [0.1, 0.15) is 28.3 Å². The molecule has 1 aromatic heterocycles. The van der Waals surface area contributed by atoms with Gasteiger partial charge in [0, 0.05) is 24.6 Å². The van der Waals surface area contributed by atoms with Crippen molar-refractivity contribution in [2.24, 2.45) is 0 Å². The van der Waals surface area contributed by atoms with Crippen molar-refractivity contribution >= 4 is 11.8 Å².